The van der Waals surface area contributed by atoms with Crippen LogP contribution in [-0.2, 0) is 16.1 Å². The average Bonchev–Trinajstić information content (AvgIpc) is 2.97. The molecular weight excluding hydrogens is 340 g/mol. The molecular formula is C22H30N2O3. The molecule has 0 aliphatic carbocycles. The summed E-state index contributed by atoms with van der Waals surface area (Å²) < 4.78 is 7.23. The number of hydrogen-bond donors (Lipinski definition) is 1. The van der Waals surface area contributed by atoms with Gasteiger partial charge in [-0.2, -0.15) is 0 Å². The van der Waals surface area contributed by atoms with Crippen LogP contribution in [0.4, 0.5) is 0 Å². The number of nitrogens with zero attached hydrogens (tertiary/aromatic N) is 1. The Labute approximate surface area is 161 Å². The van der Waals surface area contributed by atoms with Crippen LogP contribution < -0.4 is 5.32 Å². The summed E-state index contributed by atoms with van der Waals surface area (Å²) in [7, 11) is 0. The lowest BCUT2D eigenvalue weighted by Crippen LogP contribution is -2.32. The monoisotopic (exact) mass is 370 g/mol. The lowest BCUT2D eigenvalue weighted by molar-refractivity contribution is -0.121. The van der Waals surface area contributed by atoms with Crippen LogP contribution in [0.1, 0.15) is 55.2 Å². The van der Waals surface area contributed by atoms with E-state index in [0.29, 0.717) is 25.1 Å². The van der Waals surface area contributed by atoms with E-state index in [0.717, 1.165) is 23.4 Å². The van der Waals surface area contributed by atoms with Crippen LogP contribution in [0.3, 0.4) is 0 Å². The highest BCUT2D eigenvalue weighted by Gasteiger charge is 2.20. The molecule has 2 rings (SSSR count). The zero-order chi connectivity index (χ0) is 20.0. The third-order valence-corrected chi connectivity index (χ3v) is 4.79. The predicted octanol–water partition coefficient (Wildman–Crippen LogP) is 4.25. The number of aryl methyl sites for hydroxylation is 1. The van der Waals surface area contributed by atoms with Crippen molar-refractivity contribution in [3.05, 3.63) is 47.2 Å². The van der Waals surface area contributed by atoms with Crippen molar-refractivity contribution < 1.29 is 14.3 Å². The second kappa shape index (κ2) is 9.40. The van der Waals surface area contributed by atoms with Crippen LogP contribution >= 0.6 is 0 Å². The minimum absolute atomic E-state index is 0.0185. The molecule has 0 saturated heterocycles. The van der Waals surface area contributed by atoms with Gasteiger partial charge < -0.3 is 14.6 Å². The normalized spacial score (nSPS) is 11.9. The number of carbonyl (C=O) groups is 2. The zero-order valence-corrected chi connectivity index (χ0v) is 17.0. The van der Waals surface area contributed by atoms with Crippen LogP contribution in [0, 0.1) is 13.8 Å². The number of benzene rings is 1. The van der Waals surface area contributed by atoms with Gasteiger partial charge in [-0.1, -0.05) is 36.8 Å². The SMILES string of the molecule is CCOC(=O)c1cc(-c2ccc(C)cc2)n(CCC(=O)NC(C)CC)c1C. The molecule has 1 N–H and O–H groups in total. The summed E-state index contributed by atoms with van der Waals surface area (Å²) in [4.78, 5) is 24.5. The smallest absolute Gasteiger partial charge is 0.339 e. The molecule has 0 bridgehead atoms. The van der Waals surface area contributed by atoms with Crippen molar-refractivity contribution >= 4 is 11.9 Å². The molecule has 0 saturated carbocycles. The van der Waals surface area contributed by atoms with Gasteiger partial charge in [-0.15, -0.1) is 0 Å². The molecule has 1 heterocycles. The molecule has 0 fully saturated rings. The first kappa shape index (κ1) is 20.7. The van der Waals surface area contributed by atoms with Crippen molar-refractivity contribution in [1.82, 2.24) is 9.88 Å². The van der Waals surface area contributed by atoms with E-state index in [-0.39, 0.29) is 17.9 Å². The lowest BCUT2D eigenvalue weighted by Gasteiger charge is -2.14. The maximum atomic E-state index is 12.3. The summed E-state index contributed by atoms with van der Waals surface area (Å²) in [5.74, 6) is -0.309. The van der Waals surface area contributed by atoms with Crippen molar-refractivity contribution in [3.63, 3.8) is 0 Å². The Kier molecular flexibility index (Phi) is 7.22. The molecule has 0 radical (unpaired) electrons. The van der Waals surface area contributed by atoms with Crippen molar-refractivity contribution in [1.29, 1.82) is 0 Å². The van der Waals surface area contributed by atoms with Gasteiger partial charge >= 0.3 is 5.97 Å². The maximum Gasteiger partial charge on any atom is 0.339 e. The van der Waals surface area contributed by atoms with Crippen LogP contribution in [-0.4, -0.2) is 29.1 Å². The number of esters is 1. The van der Waals surface area contributed by atoms with Gasteiger partial charge in [0.1, 0.15) is 0 Å². The lowest BCUT2D eigenvalue weighted by atomic mass is 10.1. The summed E-state index contributed by atoms with van der Waals surface area (Å²) in [5, 5.41) is 2.99. The minimum atomic E-state index is -0.328. The van der Waals surface area contributed by atoms with Crippen molar-refractivity contribution in [2.75, 3.05) is 6.61 Å². The van der Waals surface area contributed by atoms with E-state index in [1.165, 1.54) is 5.56 Å². The fraction of sp³-hybridized carbons (Fsp3) is 0.455. The number of nitrogens with one attached hydrogen (secondary N) is 1. The molecule has 5 nitrogen and oxygen atoms in total. The molecule has 0 aliphatic rings. The molecule has 2 aromatic rings. The number of rotatable bonds is 8. The fourth-order valence-corrected chi connectivity index (χ4v) is 2.97. The third-order valence-electron chi connectivity index (χ3n) is 4.79. The topological polar surface area (TPSA) is 60.3 Å². The molecule has 5 heteroatoms. The van der Waals surface area contributed by atoms with Crippen LogP contribution in [0.2, 0.25) is 0 Å². The largest absolute Gasteiger partial charge is 0.462 e. The van der Waals surface area contributed by atoms with E-state index >= 15 is 0 Å². The second-order valence-electron chi connectivity index (χ2n) is 6.89. The maximum absolute atomic E-state index is 12.3. The molecule has 0 spiro atoms. The quantitative estimate of drug-likeness (QED) is 0.707. The van der Waals surface area contributed by atoms with Gasteiger partial charge in [0, 0.05) is 30.4 Å². The molecule has 1 atom stereocenters. The summed E-state index contributed by atoms with van der Waals surface area (Å²) in [6.45, 7) is 10.6. The summed E-state index contributed by atoms with van der Waals surface area (Å²) in [6, 6.07) is 10.2. The molecule has 146 valence electrons. The van der Waals surface area contributed by atoms with Crippen molar-refractivity contribution in [3.8, 4) is 11.3 Å². The number of ether oxygens (including phenoxy) is 1. The van der Waals surface area contributed by atoms with Gasteiger partial charge in [-0.3, -0.25) is 4.79 Å². The Morgan fingerprint density at radius 1 is 1.15 bits per heavy atom. The first-order valence-electron chi connectivity index (χ1n) is 9.61. The Balaban J connectivity index is 2.33. The Morgan fingerprint density at radius 2 is 1.81 bits per heavy atom. The van der Waals surface area contributed by atoms with E-state index in [4.69, 9.17) is 4.74 Å². The summed E-state index contributed by atoms with van der Waals surface area (Å²) in [6.07, 6.45) is 1.26. The Morgan fingerprint density at radius 3 is 2.41 bits per heavy atom. The van der Waals surface area contributed by atoms with E-state index in [1.54, 1.807) is 6.92 Å². The number of carbonyl (C=O) groups excluding carboxylic acids is 2. The Hall–Kier alpha value is -2.56. The Bertz CT molecular complexity index is 791. The van der Waals surface area contributed by atoms with Gasteiger partial charge in [0.15, 0.2) is 0 Å². The predicted molar refractivity (Wildman–Crippen MR) is 108 cm³/mol. The highest BCUT2D eigenvalue weighted by molar-refractivity contribution is 5.92. The molecule has 1 amide bonds. The van der Waals surface area contributed by atoms with Crippen LogP contribution in [0.5, 0.6) is 0 Å². The van der Waals surface area contributed by atoms with Crippen molar-refractivity contribution in [2.45, 2.75) is 60.0 Å². The van der Waals surface area contributed by atoms with E-state index < -0.39 is 0 Å². The highest BCUT2D eigenvalue weighted by atomic mass is 16.5. The van der Waals surface area contributed by atoms with Gasteiger partial charge in [0.25, 0.3) is 0 Å². The van der Waals surface area contributed by atoms with Gasteiger partial charge in [-0.05, 0) is 45.7 Å². The van der Waals surface area contributed by atoms with Crippen molar-refractivity contribution in [2.24, 2.45) is 0 Å². The van der Waals surface area contributed by atoms with Gasteiger partial charge in [0.05, 0.1) is 12.2 Å². The van der Waals surface area contributed by atoms with Gasteiger partial charge in [0.2, 0.25) is 5.91 Å². The van der Waals surface area contributed by atoms with E-state index in [1.807, 2.05) is 62.6 Å². The zero-order valence-electron chi connectivity index (χ0n) is 17.0. The van der Waals surface area contributed by atoms with E-state index in [2.05, 4.69) is 5.32 Å². The molecule has 27 heavy (non-hydrogen) atoms. The van der Waals surface area contributed by atoms with Crippen LogP contribution in [0.25, 0.3) is 11.3 Å². The number of hydrogen-bond acceptors (Lipinski definition) is 3. The third kappa shape index (κ3) is 5.22. The minimum Gasteiger partial charge on any atom is -0.462 e. The molecule has 1 aromatic carbocycles. The summed E-state index contributed by atoms with van der Waals surface area (Å²) in [5.41, 5.74) is 4.48. The number of amides is 1. The molecule has 1 aromatic heterocycles. The van der Waals surface area contributed by atoms with Crippen LogP contribution in [0.15, 0.2) is 30.3 Å². The molecule has 0 aliphatic heterocycles. The average molecular weight is 370 g/mol. The molecule has 1 unspecified atom stereocenters. The second-order valence-corrected chi connectivity index (χ2v) is 6.89. The van der Waals surface area contributed by atoms with Gasteiger partial charge in [-0.25, -0.2) is 4.79 Å². The first-order valence-corrected chi connectivity index (χ1v) is 9.61. The first-order chi connectivity index (χ1) is 12.9. The standard InChI is InChI=1S/C22H30N2O3/c1-6-16(4)23-21(25)12-13-24-17(5)19(22(26)27-7-2)14-20(24)18-10-8-15(3)9-11-18/h8-11,14,16H,6-7,12-13H2,1-5H3,(H,23,25). The van der Waals surface area contributed by atoms with E-state index in [9.17, 15) is 9.59 Å². The number of aromatic nitrogens is 1. The highest BCUT2D eigenvalue weighted by Crippen LogP contribution is 2.27. The fourth-order valence-electron chi connectivity index (χ4n) is 2.97. The summed E-state index contributed by atoms with van der Waals surface area (Å²) >= 11 is 0.